The molecular weight excluding hydrogens is 476 g/mol. The predicted molar refractivity (Wildman–Crippen MR) is 130 cm³/mol. The molecule has 4 rings (SSSR count). The molecule has 1 aromatic carbocycles. The number of morpholine rings is 1. The van der Waals surface area contributed by atoms with E-state index in [0.717, 1.165) is 23.2 Å². The molecule has 0 radical (unpaired) electrons. The molecule has 0 unspecified atom stereocenters. The van der Waals surface area contributed by atoms with Gasteiger partial charge in [0.2, 0.25) is 15.8 Å². The van der Waals surface area contributed by atoms with Gasteiger partial charge in [-0.25, -0.2) is 18.2 Å². The van der Waals surface area contributed by atoms with E-state index in [1.54, 1.807) is 12.3 Å². The van der Waals surface area contributed by atoms with Crippen LogP contribution < -0.4 is 19.5 Å². The Hall–Kier alpha value is -3.64. The number of aromatic nitrogens is 2. The Morgan fingerprint density at radius 1 is 1.20 bits per heavy atom. The van der Waals surface area contributed by atoms with E-state index in [0.29, 0.717) is 32.0 Å². The molecule has 186 valence electrons. The maximum Gasteiger partial charge on any atom is 0.360 e. The summed E-state index contributed by atoms with van der Waals surface area (Å²) in [5, 5.41) is 0. The smallest absolute Gasteiger partial charge is 0.360 e. The Labute approximate surface area is 202 Å². The van der Waals surface area contributed by atoms with Crippen LogP contribution in [0.3, 0.4) is 0 Å². The Bertz CT molecular complexity index is 1400. The molecule has 12 heteroatoms. The predicted octanol–water partition coefficient (Wildman–Crippen LogP) is 1.29. The van der Waals surface area contributed by atoms with E-state index in [9.17, 15) is 18.0 Å². The molecule has 0 aliphatic carbocycles. The van der Waals surface area contributed by atoms with Crippen LogP contribution in [0.1, 0.15) is 16.1 Å². The maximum absolute atomic E-state index is 13.6. The highest BCUT2D eigenvalue weighted by Crippen LogP contribution is 2.29. The minimum absolute atomic E-state index is 0.0209. The maximum atomic E-state index is 13.6. The van der Waals surface area contributed by atoms with E-state index in [1.807, 2.05) is 35.2 Å². The lowest BCUT2D eigenvalue weighted by Crippen LogP contribution is -2.37. The number of pyridine rings is 1. The summed E-state index contributed by atoms with van der Waals surface area (Å²) in [4.78, 5) is 32.5. The minimum atomic E-state index is -3.72. The number of ether oxygens (including phenoxy) is 3. The molecule has 11 nitrogen and oxygen atoms in total. The first-order chi connectivity index (χ1) is 16.7. The van der Waals surface area contributed by atoms with Gasteiger partial charge in [0.25, 0.3) is 0 Å². The number of carbonyl (C=O) groups is 1. The fourth-order valence-corrected chi connectivity index (χ4v) is 4.18. The number of carbonyl (C=O) groups excluding carboxylic acids is 1. The van der Waals surface area contributed by atoms with Gasteiger partial charge in [-0.05, 0) is 11.6 Å². The summed E-state index contributed by atoms with van der Waals surface area (Å²) in [6.07, 6.45) is 2.60. The number of nitrogens with zero attached hydrogens (tertiary/aromatic N) is 4. The molecule has 0 atom stereocenters. The van der Waals surface area contributed by atoms with Crippen LogP contribution in [0.4, 0.5) is 11.4 Å². The van der Waals surface area contributed by atoms with Crippen molar-refractivity contribution in [3.63, 3.8) is 0 Å². The third-order valence-electron chi connectivity index (χ3n) is 5.67. The van der Waals surface area contributed by atoms with Crippen LogP contribution >= 0.6 is 0 Å². The number of methoxy groups -OCH3 is 1. The van der Waals surface area contributed by atoms with Crippen molar-refractivity contribution in [3.8, 4) is 5.75 Å². The summed E-state index contributed by atoms with van der Waals surface area (Å²) in [6, 6.07) is 10.8. The highest BCUT2D eigenvalue weighted by atomic mass is 32.2. The summed E-state index contributed by atoms with van der Waals surface area (Å²) in [7, 11) is -1.19. The SMILES string of the molecule is COC(=O)c1nc2c(N(C)S(C)(=O)=O)cc(N3CCOCC3)cn2c(=O)c1OCc1ccccc1. The van der Waals surface area contributed by atoms with Crippen molar-refractivity contribution in [2.75, 3.05) is 55.9 Å². The van der Waals surface area contributed by atoms with Gasteiger partial charge in [0.1, 0.15) is 6.61 Å². The summed E-state index contributed by atoms with van der Waals surface area (Å²) < 4.78 is 43.1. The summed E-state index contributed by atoms with van der Waals surface area (Å²) in [5.74, 6) is -1.16. The van der Waals surface area contributed by atoms with Crippen LogP contribution in [-0.2, 0) is 26.1 Å². The van der Waals surface area contributed by atoms with Crippen LogP contribution in [0, 0.1) is 0 Å². The summed E-state index contributed by atoms with van der Waals surface area (Å²) >= 11 is 0. The topological polar surface area (TPSA) is 120 Å². The molecule has 0 bridgehead atoms. The van der Waals surface area contributed by atoms with Crippen molar-refractivity contribution in [2.24, 2.45) is 0 Å². The molecule has 1 saturated heterocycles. The standard InChI is InChI=1S/C23H26N4O7S/c1-25(35(3,30)31)18-13-17(26-9-11-33-12-10-26)14-27-21(18)24-19(23(29)32-2)20(22(27)28)34-15-16-7-5-4-6-8-16/h4-8,13-14H,9-12,15H2,1-3H3. The molecule has 1 aliphatic rings. The zero-order chi connectivity index (χ0) is 25.2. The molecule has 35 heavy (non-hydrogen) atoms. The van der Waals surface area contributed by atoms with Crippen molar-refractivity contribution >= 4 is 33.0 Å². The van der Waals surface area contributed by atoms with Gasteiger partial charge in [0.15, 0.2) is 11.3 Å². The monoisotopic (exact) mass is 502 g/mol. The van der Waals surface area contributed by atoms with Crippen molar-refractivity contribution in [1.82, 2.24) is 9.38 Å². The number of esters is 1. The first kappa shape index (κ1) is 24.5. The lowest BCUT2D eigenvalue weighted by molar-refractivity contribution is 0.0588. The fraction of sp³-hybridized carbons (Fsp3) is 0.348. The van der Waals surface area contributed by atoms with E-state index in [4.69, 9.17) is 14.2 Å². The summed E-state index contributed by atoms with van der Waals surface area (Å²) in [5.41, 5.74) is 0.503. The number of fused-ring (bicyclic) bond motifs is 1. The van der Waals surface area contributed by atoms with Gasteiger partial charge in [-0.2, -0.15) is 0 Å². The minimum Gasteiger partial charge on any atom is -0.481 e. The van der Waals surface area contributed by atoms with Crippen LogP contribution in [0.25, 0.3) is 5.65 Å². The van der Waals surface area contributed by atoms with Crippen LogP contribution in [0.15, 0.2) is 47.4 Å². The Balaban J connectivity index is 1.94. The second-order valence-corrected chi connectivity index (χ2v) is 9.98. The van der Waals surface area contributed by atoms with Crippen LogP contribution in [0.2, 0.25) is 0 Å². The number of rotatable bonds is 7. The van der Waals surface area contributed by atoms with Gasteiger partial charge >= 0.3 is 11.5 Å². The molecular formula is C23H26N4O7S. The number of hydrogen-bond donors (Lipinski definition) is 0. The van der Waals surface area contributed by atoms with Gasteiger partial charge in [0, 0.05) is 26.3 Å². The first-order valence-electron chi connectivity index (χ1n) is 10.8. The highest BCUT2D eigenvalue weighted by Gasteiger charge is 2.26. The molecule has 0 saturated carbocycles. The fourth-order valence-electron chi connectivity index (χ4n) is 3.69. The van der Waals surface area contributed by atoms with E-state index in [2.05, 4.69) is 4.98 Å². The van der Waals surface area contributed by atoms with Crippen molar-refractivity contribution in [3.05, 3.63) is 64.2 Å². The zero-order valence-electron chi connectivity index (χ0n) is 19.6. The number of anilines is 2. The van der Waals surface area contributed by atoms with Gasteiger partial charge in [0.05, 0.1) is 38.0 Å². The van der Waals surface area contributed by atoms with Crippen molar-refractivity contribution in [1.29, 1.82) is 0 Å². The molecule has 0 spiro atoms. The molecule has 1 aliphatic heterocycles. The number of hydrogen-bond acceptors (Lipinski definition) is 9. The molecule has 3 heterocycles. The Kier molecular flexibility index (Phi) is 6.94. The third kappa shape index (κ3) is 5.08. The Morgan fingerprint density at radius 3 is 2.51 bits per heavy atom. The van der Waals surface area contributed by atoms with Crippen LogP contribution in [0.5, 0.6) is 5.75 Å². The highest BCUT2D eigenvalue weighted by molar-refractivity contribution is 7.92. The first-order valence-corrected chi connectivity index (χ1v) is 12.7. The Morgan fingerprint density at radius 2 is 1.89 bits per heavy atom. The normalized spacial score (nSPS) is 14.1. The lowest BCUT2D eigenvalue weighted by atomic mass is 10.2. The average Bonchev–Trinajstić information content (AvgIpc) is 2.87. The quantitative estimate of drug-likeness (QED) is 0.440. The largest absolute Gasteiger partial charge is 0.481 e. The number of sulfonamides is 1. The average molecular weight is 503 g/mol. The molecule has 2 aromatic heterocycles. The lowest BCUT2D eigenvalue weighted by Gasteiger charge is -2.30. The molecule has 0 amide bonds. The van der Waals surface area contributed by atoms with Gasteiger partial charge in [-0.15, -0.1) is 0 Å². The van der Waals surface area contributed by atoms with Gasteiger partial charge in [-0.3, -0.25) is 13.5 Å². The molecule has 0 N–H and O–H groups in total. The van der Waals surface area contributed by atoms with Crippen LogP contribution in [-0.4, -0.2) is 70.5 Å². The van der Waals surface area contributed by atoms with Gasteiger partial charge in [-0.1, -0.05) is 30.3 Å². The molecule has 3 aromatic rings. The van der Waals surface area contributed by atoms with E-state index in [1.165, 1.54) is 11.4 Å². The van der Waals surface area contributed by atoms with E-state index < -0.39 is 21.6 Å². The molecule has 1 fully saturated rings. The third-order valence-corrected chi connectivity index (χ3v) is 6.86. The van der Waals surface area contributed by atoms with E-state index >= 15 is 0 Å². The second-order valence-electron chi connectivity index (χ2n) is 7.97. The van der Waals surface area contributed by atoms with Crippen molar-refractivity contribution in [2.45, 2.75) is 6.61 Å². The second kappa shape index (κ2) is 9.92. The van der Waals surface area contributed by atoms with Crippen molar-refractivity contribution < 1.29 is 27.4 Å². The van der Waals surface area contributed by atoms with E-state index in [-0.39, 0.29) is 29.4 Å². The van der Waals surface area contributed by atoms with Gasteiger partial charge < -0.3 is 19.1 Å². The summed E-state index contributed by atoms with van der Waals surface area (Å²) in [6.45, 7) is 2.14. The zero-order valence-corrected chi connectivity index (χ0v) is 20.4. The number of benzene rings is 1.